The Morgan fingerprint density at radius 3 is 2.52 bits per heavy atom. The van der Waals surface area contributed by atoms with Crippen molar-refractivity contribution in [1.29, 1.82) is 0 Å². The first-order chi connectivity index (χ1) is 12.3. The largest absolute Gasteiger partial charge is 0.297 e. The number of para-hydroxylation sites is 2. The lowest BCUT2D eigenvalue weighted by Gasteiger charge is -2.32. The van der Waals surface area contributed by atoms with Crippen LogP contribution in [0.15, 0.2) is 42.7 Å². The van der Waals surface area contributed by atoms with Gasteiger partial charge in [0.1, 0.15) is 0 Å². The van der Waals surface area contributed by atoms with Gasteiger partial charge in [-0.3, -0.25) is 9.58 Å². The van der Waals surface area contributed by atoms with Crippen LogP contribution in [0.1, 0.15) is 30.7 Å². The number of nitrogens with zero attached hydrogens (tertiary/aromatic N) is 5. The Hall–Kier alpha value is -2.27. The standard InChI is InChI=1S/C20H25N5/c1-16-20(23-19-6-3-2-5-18(19)22-16)15-24-12-7-17(8-13-24)9-14-25-11-4-10-21-25/h2-6,10-11,17H,7-9,12-15H2,1H3. The van der Waals surface area contributed by atoms with E-state index >= 15 is 0 Å². The zero-order valence-electron chi connectivity index (χ0n) is 14.8. The van der Waals surface area contributed by atoms with Gasteiger partial charge in [0.05, 0.1) is 22.4 Å². The lowest BCUT2D eigenvalue weighted by Crippen LogP contribution is -2.34. The van der Waals surface area contributed by atoms with E-state index in [1.165, 1.54) is 19.3 Å². The number of fused-ring (bicyclic) bond motifs is 1. The summed E-state index contributed by atoms with van der Waals surface area (Å²) in [6.45, 7) is 6.32. The van der Waals surface area contributed by atoms with Crippen molar-refractivity contribution in [2.75, 3.05) is 13.1 Å². The summed E-state index contributed by atoms with van der Waals surface area (Å²) in [5, 5.41) is 4.30. The lowest BCUT2D eigenvalue weighted by molar-refractivity contribution is 0.166. The third-order valence-electron chi connectivity index (χ3n) is 5.25. The molecule has 25 heavy (non-hydrogen) atoms. The Labute approximate surface area is 148 Å². The molecule has 1 aromatic carbocycles. The van der Waals surface area contributed by atoms with Gasteiger partial charge in [-0.05, 0) is 63.4 Å². The lowest BCUT2D eigenvalue weighted by atomic mass is 9.93. The molecular weight excluding hydrogens is 310 g/mol. The first-order valence-corrected chi connectivity index (χ1v) is 9.20. The summed E-state index contributed by atoms with van der Waals surface area (Å²) in [7, 11) is 0. The average Bonchev–Trinajstić information content (AvgIpc) is 3.15. The number of hydrogen-bond donors (Lipinski definition) is 0. The van der Waals surface area contributed by atoms with Crippen LogP contribution in [-0.4, -0.2) is 37.7 Å². The fourth-order valence-electron chi connectivity index (χ4n) is 3.67. The van der Waals surface area contributed by atoms with Gasteiger partial charge in [-0.15, -0.1) is 0 Å². The van der Waals surface area contributed by atoms with Crippen LogP contribution in [-0.2, 0) is 13.1 Å². The monoisotopic (exact) mass is 335 g/mol. The second-order valence-corrected chi connectivity index (χ2v) is 7.02. The van der Waals surface area contributed by atoms with Crippen molar-refractivity contribution in [1.82, 2.24) is 24.6 Å². The number of rotatable bonds is 5. The van der Waals surface area contributed by atoms with E-state index in [2.05, 4.69) is 23.1 Å². The molecule has 1 aliphatic rings. The van der Waals surface area contributed by atoms with E-state index in [0.29, 0.717) is 0 Å². The van der Waals surface area contributed by atoms with Crippen LogP contribution in [0.5, 0.6) is 0 Å². The fourth-order valence-corrected chi connectivity index (χ4v) is 3.67. The van der Waals surface area contributed by atoms with Crippen molar-refractivity contribution in [2.45, 2.75) is 39.3 Å². The zero-order valence-corrected chi connectivity index (χ0v) is 14.8. The van der Waals surface area contributed by atoms with E-state index in [1.54, 1.807) is 0 Å². The summed E-state index contributed by atoms with van der Waals surface area (Å²) < 4.78 is 2.04. The summed E-state index contributed by atoms with van der Waals surface area (Å²) in [4.78, 5) is 12.1. The molecule has 3 aromatic rings. The van der Waals surface area contributed by atoms with Crippen molar-refractivity contribution in [3.8, 4) is 0 Å². The molecule has 1 fully saturated rings. The van der Waals surface area contributed by atoms with Gasteiger partial charge in [0.2, 0.25) is 0 Å². The highest BCUT2D eigenvalue weighted by Gasteiger charge is 2.20. The second-order valence-electron chi connectivity index (χ2n) is 7.02. The van der Waals surface area contributed by atoms with Crippen molar-refractivity contribution in [2.24, 2.45) is 5.92 Å². The number of piperidine rings is 1. The van der Waals surface area contributed by atoms with E-state index in [0.717, 1.165) is 54.5 Å². The Bertz CT molecular complexity index is 819. The summed E-state index contributed by atoms with van der Waals surface area (Å²) in [6, 6.07) is 10.1. The predicted octanol–water partition coefficient (Wildman–Crippen LogP) is 3.44. The van der Waals surface area contributed by atoms with E-state index in [4.69, 9.17) is 9.97 Å². The van der Waals surface area contributed by atoms with Gasteiger partial charge in [-0.2, -0.15) is 5.10 Å². The Kier molecular flexibility index (Phi) is 4.74. The highest BCUT2D eigenvalue weighted by molar-refractivity contribution is 5.74. The van der Waals surface area contributed by atoms with Gasteiger partial charge in [0.15, 0.2) is 0 Å². The van der Waals surface area contributed by atoms with Crippen molar-refractivity contribution in [3.05, 3.63) is 54.1 Å². The quantitative estimate of drug-likeness (QED) is 0.716. The highest BCUT2D eigenvalue weighted by Crippen LogP contribution is 2.23. The zero-order chi connectivity index (χ0) is 17.1. The van der Waals surface area contributed by atoms with Crippen LogP contribution in [0.4, 0.5) is 0 Å². The molecule has 0 atom stereocenters. The molecule has 0 N–H and O–H groups in total. The van der Waals surface area contributed by atoms with Crippen LogP contribution in [0.2, 0.25) is 0 Å². The smallest absolute Gasteiger partial charge is 0.0890 e. The molecule has 0 amide bonds. The summed E-state index contributed by atoms with van der Waals surface area (Å²) in [5.74, 6) is 0.809. The van der Waals surface area contributed by atoms with Crippen molar-refractivity contribution < 1.29 is 0 Å². The van der Waals surface area contributed by atoms with E-state index < -0.39 is 0 Å². The van der Waals surface area contributed by atoms with Gasteiger partial charge in [0, 0.05) is 25.5 Å². The molecule has 2 aromatic heterocycles. The first kappa shape index (κ1) is 16.2. The Morgan fingerprint density at radius 2 is 1.80 bits per heavy atom. The minimum Gasteiger partial charge on any atom is -0.297 e. The SMILES string of the molecule is Cc1nc2ccccc2nc1CN1CCC(CCn2cccn2)CC1. The van der Waals surface area contributed by atoms with Crippen LogP contribution >= 0.6 is 0 Å². The summed E-state index contributed by atoms with van der Waals surface area (Å²) in [6.07, 6.45) is 7.67. The van der Waals surface area contributed by atoms with Crippen LogP contribution in [0, 0.1) is 12.8 Å². The molecule has 1 saturated heterocycles. The first-order valence-electron chi connectivity index (χ1n) is 9.20. The summed E-state index contributed by atoms with van der Waals surface area (Å²) in [5.41, 5.74) is 4.16. The fraction of sp³-hybridized carbons (Fsp3) is 0.450. The predicted molar refractivity (Wildman–Crippen MR) is 99.1 cm³/mol. The van der Waals surface area contributed by atoms with E-state index in [-0.39, 0.29) is 0 Å². The third-order valence-corrected chi connectivity index (χ3v) is 5.25. The van der Waals surface area contributed by atoms with E-state index in [9.17, 15) is 0 Å². The highest BCUT2D eigenvalue weighted by atomic mass is 15.3. The van der Waals surface area contributed by atoms with Crippen molar-refractivity contribution in [3.63, 3.8) is 0 Å². The topological polar surface area (TPSA) is 46.8 Å². The Balaban J connectivity index is 1.33. The molecular formula is C20H25N5. The van der Waals surface area contributed by atoms with Gasteiger partial charge in [-0.1, -0.05) is 12.1 Å². The van der Waals surface area contributed by atoms with Crippen LogP contribution in [0.3, 0.4) is 0 Å². The average molecular weight is 335 g/mol. The molecule has 0 aliphatic carbocycles. The maximum atomic E-state index is 4.84. The molecule has 0 bridgehead atoms. The minimum absolute atomic E-state index is 0.809. The molecule has 5 nitrogen and oxygen atoms in total. The maximum absolute atomic E-state index is 4.84. The van der Waals surface area contributed by atoms with Gasteiger partial charge in [0.25, 0.3) is 0 Å². The molecule has 5 heteroatoms. The third kappa shape index (κ3) is 3.87. The molecule has 0 unspecified atom stereocenters. The number of aromatic nitrogens is 4. The number of aryl methyl sites for hydroxylation is 2. The number of benzene rings is 1. The minimum atomic E-state index is 0.809. The Morgan fingerprint density at radius 1 is 1.04 bits per heavy atom. The van der Waals surface area contributed by atoms with E-state index in [1.807, 2.05) is 41.2 Å². The molecule has 4 rings (SSSR count). The van der Waals surface area contributed by atoms with Crippen LogP contribution in [0.25, 0.3) is 11.0 Å². The second kappa shape index (κ2) is 7.31. The number of hydrogen-bond acceptors (Lipinski definition) is 4. The van der Waals surface area contributed by atoms with Gasteiger partial charge in [-0.25, -0.2) is 9.97 Å². The number of likely N-dealkylation sites (tertiary alicyclic amines) is 1. The molecule has 3 heterocycles. The molecule has 130 valence electrons. The molecule has 0 radical (unpaired) electrons. The normalized spacial score (nSPS) is 16.5. The molecule has 0 spiro atoms. The van der Waals surface area contributed by atoms with Gasteiger partial charge >= 0.3 is 0 Å². The summed E-state index contributed by atoms with van der Waals surface area (Å²) >= 11 is 0. The van der Waals surface area contributed by atoms with Crippen molar-refractivity contribution >= 4 is 11.0 Å². The van der Waals surface area contributed by atoms with Gasteiger partial charge < -0.3 is 0 Å². The molecule has 1 aliphatic heterocycles. The maximum Gasteiger partial charge on any atom is 0.0890 e. The van der Waals surface area contributed by atoms with Crippen LogP contribution < -0.4 is 0 Å². The molecule has 0 saturated carbocycles.